The van der Waals surface area contributed by atoms with Crippen LogP contribution in [0.4, 0.5) is 0 Å². The van der Waals surface area contributed by atoms with Crippen LogP contribution >= 0.6 is 0 Å². The van der Waals surface area contributed by atoms with E-state index in [2.05, 4.69) is 30.7 Å². The Bertz CT molecular complexity index is 1200. The zero-order chi connectivity index (χ0) is 32.1. The second-order valence-corrected chi connectivity index (χ2v) is 13.0. The second-order valence-electron chi connectivity index (χ2n) is 13.0. The molecule has 0 bridgehead atoms. The van der Waals surface area contributed by atoms with Crippen molar-refractivity contribution < 1.29 is 24.5 Å². The number of aliphatic hydroxyl groups excluding tert-OH is 1. The monoisotopic (exact) mass is 609 g/mol. The minimum absolute atomic E-state index is 0.0307. The molecule has 8 nitrogen and oxygen atoms in total. The molecule has 0 aromatic heterocycles. The summed E-state index contributed by atoms with van der Waals surface area (Å²) in [5.41, 5.74) is 14.8. The van der Waals surface area contributed by atoms with Crippen molar-refractivity contribution in [2.75, 3.05) is 20.3 Å². The number of ketones is 1. The molecule has 3 rings (SSSR count). The molecule has 44 heavy (non-hydrogen) atoms. The van der Waals surface area contributed by atoms with Crippen LogP contribution in [-0.2, 0) is 16.0 Å². The molecule has 0 saturated heterocycles. The summed E-state index contributed by atoms with van der Waals surface area (Å²) >= 11 is 0. The molecule has 8 heteroatoms. The molecule has 0 radical (unpaired) electrons. The molecular formula is C36H55N3O5. The van der Waals surface area contributed by atoms with Crippen LogP contribution in [0, 0.1) is 23.7 Å². The molecule has 0 heterocycles. The lowest BCUT2D eigenvalue weighted by Crippen LogP contribution is -2.27. The maximum atomic E-state index is 13.0. The van der Waals surface area contributed by atoms with Gasteiger partial charge >= 0.3 is 0 Å². The molecule has 1 fully saturated rings. The zero-order valence-corrected chi connectivity index (χ0v) is 27.4. The summed E-state index contributed by atoms with van der Waals surface area (Å²) in [6.07, 6.45) is 12.0. The van der Waals surface area contributed by atoms with E-state index in [-0.39, 0.29) is 54.5 Å². The van der Waals surface area contributed by atoms with Crippen molar-refractivity contribution in [3.8, 4) is 23.3 Å². The number of methoxy groups -OCH3 is 1. The van der Waals surface area contributed by atoms with Crippen LogP contribution in [0.15, 0.2) is 22.7 Å². The quantitative estimate of drug-likeness (QED) is 0.0841. The van der Waals surface area contributed by atoms with Crippen LogP contribution in [0.2, 0.25) is 0 Å². The Balaban J connectivity index is 2.19. The molecule has 1 saturated carbocycles. The van der Waals surface area contributed by atoms with Crippen molar-refractivity contribution in [2.24, 2.45) is 28.3 Å². The first-order valence-electron chi connectivity index (χ1n) is 16.6. The summed E-state index contributed by atoms with van der Waals surface area (Å²) in [6.45, 7) is 6.86. The fourth-order valence-electron chi connectivity index (χ4n) is 6.61. The fourth-order valence-corrected chi connectivity index (χ4v) is 6.61. The second kappa shape index (κ2) is 18.1. The number of aliphatic hydroxyl groups is 1. The highest BCUT2D eigenvalue weighted by Crippen LogP contribution is 2.47. The molecule has 0 amide bonds. The lowest BCUT2D eigenvalue weighted by Gasteiger charge is -2.32. The third-order valence-electron chi connectivity index (χ3n) is 8.89. The van der Waals surface area contributed by atoms with Gasteiger partial charge in [0.2, 0.25) is 0 Å². The van der Waals surface area contributed by atoms with Crippen molar-refractivity contribution in [1.29, 1.82) is 0 Å². The van der Waals surface area contributed by atoms with E-state index in [4.69, 9.17) is 20.9 Å². The van der Waals surface area contributed by atoms with Gasteiger partial charge in [-0.15, -0.1) is 0 Å². The van der Waals surface area contributed by atoms with Gasteiger partial charge < -0.3 is 31.2 Å². The van der Waals surface area contributed by atoms with Gasteiger partial charge in [-0.3, -0.25) is 4.79 Å². The highest BCUT2D eigenvalue weighted by molar-refractivity contribution is 5.90. The highest BCUT2D eigenvalue weighted by Gasteiger charge is 2.33. The van der Waals surface area contributed by atoms with Gasteiger partial charge in [0.15, 0.2) is 23.2 Å². The third-order valence-corrected chi connectivity index (χ3v) is 8.89. The maximum absolute atomic E-state index is 13.0. The number of allylic oxidation sites excluding steroid dienone is 1. The van der Waals surface area contributed by atoms with E-state index in [1.54, 1.807) is 13.2 Å². The van der Waals surface area contributed by atoms with Gasteiger partial charge in [0.1, 0.15) is 0 Å². The number of benzene rings is 1. The molecule has 2 aliphatic rings. The number of carbonyl (C=O) groups is 1. The number of nitrogens with two attached hydrogens (primary N) is 2. The summed E-state index contributed by atoms with van der Waals surface area (Å²) in [5, 5.41) is 21.7. The number of hydrogen-bond donors (Lipinski definition) is 4. The van der Waals surface area contributed by atoms with Gasteiger partial charge in [-0.2, -0.15) is 0 Å². The Morgan fingerprint density at radius 1 is 1.18 bits per heavy atom. The minimum atomic E-state index is -0.136. The van der Waals surface area contributed by atoms with Crippen LogP contribution in [0.5, 0.6) is 11.5 Å². The average Bonchev–Trinajstić information content (AvgIpc) is 3.49. The minimum Gasteiger partial charge on any atom is -0.504 e. The van der Waals surface area contributed by atoms with E-state index in [0.29, 0.717) is 37.5 Å². The SMILES string of the molecule is CCCC(=CC(=O)CCc1cc(OC2CCCC2)c(O)c2c1C#CCC(N=C(N)N)CCC(COC)C2CCC(C)C)CO. The number of aromatic hydroxyl groups is 1. The van der Waals surface area contributed by atoms with E-state index in [1.165, 1.54) is 0 Å². The third kappa shape index (κ3) is 10.6. The number of nitrogens with zero attached hydrogens (tertiary/aromatic N) is 1. The van der Waals surface area contributed by atoms with Gasteiger partial charge in [0.05, 0.1) is 18.8 Å². The first kappa shape index (κ1) is 35.5. The summed E-state index contributed by atoms with van der Waals surface area (Å²) in [6, 6.07) is 1.77. The topological polar surface area (TPSA) is 140 Å². The van der Waals surface area contributed by atoms with Crippen LogP contribution in [-0.4, -0.2) is 54.4 Å². The Kier molecular flexibility index (Phi) is 14.6. The number of aryl methyl sites for hydroxylation is 1. The van der Waals surface area contributed by atoms with Crippen molar-refractivity contribution >= 4 is 11.7 Å². The first-order chi connectivity index (χ1) is 21.2. The Morgan fingerprint density at radius 2 is 1.93 bits per heavy atom. The molecule has 1 aromatic carbocycles. The van der Waals surface area contributed by atoms with E-state index in [1.807, 2.05) is 13.0 Å². The number of rotatable bonds is 15. The number of fused-ring (bicyclic) bond motifs is 1. The molecule has 0 spiro atoms. The number of phenols is 1. The number of hydrogen-bond acceptors (Lipinski definition) is 6. The highest BCUT2D eigenvalue weighted by atomic mass is 16.5. The van der Waals surface area contributed by atoms with Gasteiger partial charge in [-0.25, -0.2) is 4.99 Å². The summed E-state index contributed by atoms with van der Waals surface area (Å²) in [5.74, 6) is 7.95. The number of ether oxygens (including phenoxy) is 2. The maximum Gasteiger partial charge on any atom is 0.186 e. The smallest absolute Gasteiger partial charge is 0.186 e. The van der Waals surface area contributed by atoms with Gasteiger partial charge in [-0.1, -0.05) is 45.5 Å². The molecule has 244 valence electrons. The standard InChI is InChI=1S/C36H55N3O5/c1-5-9-25(22-40)20-29(41)18-16-26-21-33(44-30-11-6-7-12-30)35(42)34-31(26)13-8-10-28(39-36(37)38)17-15-27(23-43-4)32(34)19-14-24(2)3/h20-21,24,27-28,30,32,40,42H,5-7,9-12,14-19,22-23H2,1-4H3,(H4,37,38,39). The molecule has 0 aliphatic heterocycles. The fraction of sp³-hybridized carbons (Fsp3) is 0.667. The van der Waals surface area contributed by atoms with E-state index < -0.39 is 0 Å². The summed E-state index contributed by atoms with van der Waals surface area (Å²) in [7, 11) is 1.72. The lowest BCUT2D eigenvalue weighted by molar-refractivity contribution is -0.114. The van der Waals surface area contributed by atoms with Crippen LogP contribution in [0.1, 0.15) is 120 Å². The summed E-state index contributed by atoms with van der Waals surface area (Å²) < 4.78 is 12.3. The normalized spacial score (nSPS) is 21.0. The number of aliphatic imine (C=N–C) groups is 1. The van der Waals surface area contributed by atoms with Crippen LogP contribution in [0.25, 0.3) is 0 Å². The van der Waals surface area contributed by atoms with Gasteiger partial charge in [-0.05, 0) is 98.8 Å². The van der Waals surface area contributed by atoms with Crippen molar-refractivity contribution in [3.63, 3.8) is 0 Å². The number of phenolic OH excluding ortho intramolecular Hbond substituents is 1. The van der Waals surface area contributed by atoms with Crippen molar-refractivity contribution in [2.45, 2.75) is 122 Å². The van der Waals surface area contributed by atoms with Crippen molar-refractivity contribution in [3.05, 3.63) is 34.4 Å². The zero-order valence-electron chi connectivity index (χ0n) is 27.4. The number of guanidine groups is 1. The van der Waals surface area contributed by atoms with E-state index in [0.717, 1.165) is 80.1 Å². The predicted molar refractivity (Wildman–Crippen MR) is 177 cm³/mol. The molecule has 3 atom stereocenters. The Morgan fingerprint density at radius 3 is 2.57 bits per heavy atom. The Labute approximate surface area is 264 Å². The molecule has 1 aromatic rings. The van der Waals surface area contributed by atoms with Gasteiger partial charge in [0.25, 0.3) is 0 Å². The lowest BCUT2D eigenvalue weighted by atomic mass is 9.75. The summed E-state index contributed by atoms with van der Waals surface area (Å²) in [4.78, 5) is 17.5. The molecule has 6 N–H and O–H groups in total. The van der Waals surface area contributed by atoms with Gasteiger partial charge in [0, 0.05) is 37.7 Å². The van der Waals surface area contributed by atoms with Crippen LogP contribution in [0.3, 0.4) is 0 Å². The Hall–Kier alpha value is -3.02. The first-order valence-corrected chi connectivity index (χ1v) is 16.6. The van der Waals surface area contributed by atoms with Crippen LogP contribution < -0.4 is 16.2 Å². The van der Waals surface area contributed by atoms with E-state index >= 15 is 0 Å². The largest absolute Gasteiger partial charge is 0.504 e. The molecular weight excluding hydrogens is 554 g/mol. The average molecular weight is 610 g/mol. The molecule has 3 unspecified atom stereocenters. The van der Waals surface area contributed by atoms with Crippen molar-refractivity contribution in [1.82, 2.24) is 0 Å². The van der Waals surface area contributed by atoms with E-state index in [9.17, 15) is 15.0 Å². The molecule has 2 aliphatic carbocycles. The predicted octanol–water partition coefficient (Wildman–Crippen LogP) is 5.89. The number of carbonyl (C=O) groups excluding carboxylic acids is 1.